The minimum atomic E-state index is -4.37. The Morgan fingerprint density at radius 2 is 1.83 bits per heavy atom. The number of thioether (sulfide) groups is 1. The molecule has 0 spiro atoms. The molecule has 2 heterocycles. The molecule has 1 aliphatic heterocycles. The zero-order valence-electron chi connectivity index (χ0n) is 16.2. The van der Waals surface area contributed by atoms with Gasteiger partial charge in [-0.1, -0.05) is 18.2 Å². The van der Waals surface area contributed by atoms with Crippen LogP contribution in [0, 0.1) is 0 Å². The molecular formula is C19H20B2F3N3OS. The van der Waals surface area contributed by atoms with Crippen LogP contribution in [0.2, 0.25) is 0 Å². The Labute approximate surface area is 173 Å². The Hall–Kier alpha value is -2.09. The predicted octanol–water partition coefficient (Wildman–Crippen LogP) is 1.39. The van der Waals surface area contributed by atoms with Gasteiger partial charge in [-0.25, -0.2) is 0 Å². The van der Waals surface area contributed by atoms with Crippen molar-refractivity contribution in [2.24, 2.45) is 0 Å². The number of hydrogen-bond acceptors (Lipinski definition) is 3. The standard InChI is InChI=1S/C19H20B2F3N3OS/c20-18(21,12-4-6-13(7-5-12)19(22,23)24)27-16-11(8-25-27)2-1-3-15(16)17(28)26-14-9-29-10-14/h3-8,14H,1-2,9-10,20-21H2,(H,26,28). The van der Waals surface area contributed by atoms with Gasteiger partial charge >= 0.3 is 6.18 Å². The molecule has 1 aromatic heterocycles. The average molecular weight is 417 g/mol. The first-order chi connectivity index (χ1) is 13.7. The predicted molar refractivity (Wildman–Crippen MR) is 113 cm³/mol. The zero-order valence-corrected chi connectivity index (χ0v) is 17.0. The van der Waals surface area contributed by atoms with Crippen LogP contribution in [-0.2, 0) is 22.7 Å². The molecule has 1 amide bonds. The van der Waals surface area contributed by atoms with E-state index in [0.29, 0.717) is 11.1 Å². The molecule has 0 radical (unpaired) electrons. The van der Waals surface area contributed by atoms with Crippen molar-refractivity contribution in [1.82, 2.24) is 15.1 Å². The number of nitrogens with one attached hydrogen (secondary N) is 1. The first-order valence-corrected chi connectivity index (χ1v) is 10.7. The quantitative estimate of drug-likeness (QED) is 0.766. The molecular weight excluding hydrogens is 397 g/mol. The third-order valence-electron chi connectivity index (χ3n) is 5.53. The second-order valence-electron chi connectivity index (χ2n) is 7.93. The molecule has 1 N–H and O–H groups in total. The summed E-state index contributed by atoms with van der Waals surface area (Å²) in [6, 6.07) is 5.33. The molecule has 0 saturated carbocycles. The van der Waals surface area contributed by atoms with Crippen molar-refractivity contribution in [2.75, 3.05) is 11.5 Å². The number of rotatable bonds is 4. The van der Waals surface area contributed by atoms with Crippen LogP contribution >= 0.6 is 11.8 Å². The van der Waals surface area contributed by atoms with Gasteiger partial charge in [0.2, 0.25) is 0 Å². The molecule has 2 aromatic rings. The van der Waals surface area contributed by atoms with E-state index < -0.39 is 17.1 Å². The van der Waals surface area contributed by atoms with Gasteiger partial charge in [0.05, 0.1) is 23.0 Å². The van der Waals surface area contributed by atoms with Crippen molar-refractivity contribution in [3.05, 3.63) is 58.9 Å². The number of carbonyl (C=O) groups is 1. The fourth-order valence-corrected chi connectivity index (χ4v) is 4.35. The third kappa shape index (κ3) is 3.74. The number of fused-ring (bicyclic) bond motifs is 1. The monoisotopic (exact) mass is 417 g/mol. The topological polar surface area (TPSA) is 46.9 Å². The van der Waals surface area contributed by atoms with Crippen molar-refractivity contribution in [1.29, 1.82) is 0 Å². The SMILES string of the molecule is BC(B)(c1ccc(C(F)(F)F)cc1)n1ncc2c1C(C(=O)NC1CSC1)=CCC2. The number of aromatic nitrogens is 2. The maximum Gasteiger partial charge on any atom is 0.416 e. The van der Waals surface area contributed by atoms with Crippen LogP contribution in [0.15, 0.2) is 36.5 Å². The van der Waals surface area contributed by atoms with E-state index in [1.54, 1.807) is 22.6 Å². The lowest BCUT2D eigenvalue weighted by atomic mass is 9.58. The van der Waals surface area contributed by atoms with E-state index in [-0.39, 0.29) is 11.9 Å². The van der Waals surface area contributed by atoms with Gasteiger partial charge in [-0.05, 0) is 36.1 Å². The minimum Gasteiger partial charge on any atom is -0.348 e. The molecule has 1 aliphatic carbocycles. The van der Waals surface area contributed by atoms with E-state index in [2.05, 4.69) is 10.4 Å². The van der Waals surface area contributed by atoms with Crippen molar-refractivity contribution in [3.8, 4) is 0 Å². The lowest BCUT2D eigenvalue weighted by Crippen LogP contribution is -2.45. The van der Waals surface area contributed by atoms with Gasteiger partial charge in [0.25, 0.3) is 5.91 Å². The summed E-state index contributed by atoms with van der Waals surface area (Å²) in [6.45, 7) is 0. The molecule has 4 nitrogen and oxygen atoms in total. The average Bonchev–Trinajstić information content (AvgIpc) is 3.09. The highest BCUT2D eigenvalue weighted by atomic mass is 32.2. The van der Waals surface area contributed by atoms with E-state index in [9.17, 15) is 18.0 Å². The number of benzene rings is 1. The Morgan fingerprint density at radius 1 is 1.17 bits per heavy atom. The highest BCUT2D eigenvalue weighted by Crippen LogP contribution is 2.34. The Balaban J connectivity index is 1.68. The van der Waals surface area contributed by atoms with Gasteiger partial charge in [-0.3, -0.25) is 9.48 Å². The highest BCUT2D eigenvalue weighted by Gasteiger charge is 2.34. The molecule has 4 rings (SSSR count). The van der Waals surface area contributed by atoms with E-state index in [1.807, 2.05) is 21.8 Å². The lowest BCUT2D eigenvalue weighted by molar-refractivity contribution is -0.137. The van der Waals surface area contributed by atoms with Crippen LogP contribution in [0.5, 0.6) is 0 Å². The summed E-state index contributed by atoms with van der Waals surface area (Å²) in [5.74, 6) is 1.73. The van der Waals surface area contributed by atoms with Crippen LogP contribution in [0.25, 0.3) is 5.57 Å². The number of amides is 1. The number of nitrogens with zero attached hydrogens (tertiary/aromatic N) is 2. The van der Waals surface area contributed by atoms with Gasteiger partial charge in [0.15, 0.2) is 0 Å². The fraction of sp³-hybridized carbons (Fsp3) is 0.368. The molecule has 1 fully saturated rings. The first-order valence-electron chi connectivity index (χ1n) is 9.52. The Kier molecular flexibility index (Phi) is 5.09. The molecule has 1 aromatic carbocycles. The second kappa shape index (κ2) is 7.31. The molecule has 0 unspecified atom stereocenters. The number of aryl methyl sites for hydroxylation is 1. The number of halogens is 3. The lowest BCUT2D eigenvalue weighted by Gasteiger charge is -2.31. The number of hydrogen-bond donors (Lipinski definition) is 1. The molecule has 0 bridgehead atoms. The molecule has 10 heteroatoms. The molecule has 150 valence electrons. The van der Waals surface area contributed by atoms with Gasteiger partial charge in [0.1, 0.15) is 15.7 Å². The number of alkyl halides is 3. The van der Waals surface area contributed by atoms with Gasteiger partial charge in [-0.15, -0.1) is 0 Å². The third-order valence-corrected chi connectivity index (χ3v) is 6.80. The number of carbonyl (C=O) groups excluding carboxylic acids is 1. The van der Waals surface area contributed by atoms with Crippen molar-refractivity contribution in [3.63, 3.8) is 0 Å². The second-order valence-corrected chi connectivity index (χ2v) is 9.00. The summed E-state index contributed by atoms with van der Waals surface area (Å²) in [4.78, 5) is 12.9. The first kappa shape index (κ1) is 20.2. The molecule has 0 atom stereocenters. The maximum absolute atomic E-state index is 12.9. The summed E-state index contributed by atoms with van der Waals surface area (Å²) in [7, 11) is 3.80. The minimum absolute atomic E-state index is 0.110. The molecule has 2 aliphatic rings. The van der Waals surface area contributed by atoms with E-state index >= 15 is 0 Å². The fourth-order valence-electron chi connectivity index (χ4n) is 3.72. The van der Waals surface area contributed by atoms with E-state index in [1.165, 1.54) is 12.1 Å². The van der Waals surface area contributed by atoms with E-state index in [4.69, 9.17) is 0 Å². The normalized spacial score (nSPS) is 17.3. The van der Waals surface area contributed by atoms with Crippen LogP contribution in [0.1, 0.15) is 28.8 Å². The summed E-state index contributed by atoms with van der Waals surface area (Å²) in [5.41, 5.74) is 2.35. The smallest absolute Gasteiger partial charge is 0.348 e. The highest BCUT2D eigenvalue weighted by molar-refractivity contribution is 8.00. The zero-order chi connectivity index (χ0) is 20.8. The summed E-state index contributed by atoms with van der Waals surface area (Å²) < 4.78 is 40.5. The Bertz CT molecular complexity index is 966. The van der Waals surface area contributed by atoms with Crippen LogP contribution < -0.4 is 5.32 Å². The van der Waals surface area contributed by atoms with Crippen molar-refractivity contribution in [2.45, 2.75) is 30.4 Å². The summed E-state index contributed by atoms with van der Waals surface area (Å²) in [6.07, 6.45) is 0.878. The Morgan fingerprint density at radius 3 is 2.41 bits per heavy atom. The van der Waals surface area contributed by atoms with Gasteiger partial charge in [0, 0.05) is 22.9 Å². The van der Waals surface area contributed by atoms with Crippen LogP contribution in [0.3, 0.4) is 0 Å². The maximum atomic E-state index is 12.9. The van der Waals surface area contributed by atoms with Crippen molar-refractivity contribution >= 4 is 38.9 Å². The largest absolute Gasteiger partial charge is 0.416 e. The van der Waals surface area contributed by atoms with Crippen LogP contribution in [0.4, 0.5) is 13.2 Å². The van der Waals surface area contributed by atoms with E-state index in [0.717, 1.165) is 47.7 Å². The van der Waals surface area contributed by atoms with Gasteiger partial charge < -0.3 is 5.32 Å². The number of allylic oxidation sites excluding steroid dienone is 1. The van der Waals surface area contributed by atoms with Gasteiger partial charge in [-0.2, -0.15) is 30.0 Å². The summed E-state index contributed by atoms with van der Waals surface area (Å²) in [5, 5.41) is 6.88. The molecule has 1 saturated heterocycles. The molecule has 29 heavy (non-hydrogen) atoms. The van der Waals surface area contributed by atoms with Crippen LogP contribution in [-0.4, -0.2) is 48.9 Å². The summed E-state index contributed by atoms with van der Waals surface area (Å²) >= 11 is 1.80. The van der Waals surface area contributed by atoms with Crippen molar-refractivity contribution < 1.29 is 18.0 Å².